The van der Waals surface area contributed by atoms with Gasteiger partial charge in [0, 0.05) is 23.8 Å². The fourth-order valence-corrected chi connectivity index (χ4v) is 2.94. The molecule has 0 radical (unpaired) electrons. The number of nitrogens with zero attached hydrogens (tertiary/aromatic N) is 1. The summed E-state index contributed by atoms with van der Waals surface area (Å²) in [7, 11) is 0. The van der Waals surface area contributed by atoms with Gasteiger partial charge in [0.1, 0.15) is 5.75 Å². The molecule has 2 N–H and O–H groups in total. The number of hydrogen-bond donors (Lipinski definition) is 2. The molecule has 0 amide bonds. The van der Waals surface area contributed by atoms with E-state index in [-0.39, 0.29) is 6.61 Å². The second-order valence-electron chi connectivity index (χ2n) is 5.62. The maximum absolute atomic E-state index is 9.47. The van der Waals surface area contributed by atoms with Gasteiger partial charge < -0.3 is 20.1 Å². The Labute approximate surface area is 128 Å². The lowest BCUT2D eigenvalue weighted by Gasteiger charge is -2.20. The summed E-state index contributed by atoms with van der Waals surface area (Å²) in [4.78, 5) is 2.51. The highest BCUT2D eigenvalue weighted by Gasteiger charge is 2.16. The van der Waals surface area contributed by atoms with E-state index < -0.39 is 0 Å². The van der Waals surface area contributed by atoms with Gasteiger partial charge in [-0.05, 0) is 57.5 Å². The van der Waals surface area contributed by atoms with Crippen LogP contribution in [0.2, 0.25) is 0 Å². The van der Waals surface area contributed by atoms with Crippen LogP contribution in [-0.4, -0.2) is 42.3 Å². The minimum atomic E-state index is 0.0130. The van der Waals surface area contributed by atoms with Gasteiger partial charge in [-0.1, -0.05) is 6.92 Å². The molecule has 1 fully saturated rings. The number of anilines is 1. The fourth-order valence-electron chi connectivity index (χ4n) is 2.94. The van der Waals surface area contributed by atoms with Gasteiger partial charge >= 0.3 is 0 Å². The highest BCUT2D eigenvalue weighted by atomic mass is 16.5. The molecule has 1 saturated heterocycles. The zero-order valence-electron chi connectivity index (χ0n) is 13.3. The van der Waals surface area contributed by atoms with Crippen molar-refractivity contribution in [2.45, 2.75) is 45.8 Å². The normalized spacial score (nSPS) is 20.0. The summed E-state index contributed by atoms with van der Waals surface area (Å²) in [6, 6.07) is 6.53. The first-order valence-electron chi connectivity index (χ1n) is 8.12. The highest BCUT2D eigenvalue weighted by molar-refractivity contribution is 5.51. The van der Waals surface area contributed by atoms with E-state index in [9.17, 15) is 5.11 Å². The van der Waals surface area contributed by atoms with Gasteiger partial charge in [-0.3, -0.25) is 0 Å². The van der Waals surface area contributed by atoms with Crippen molar-refractivity contribution in [2.75, 3.05) is 31.6 Å². The predicted molar refractivity (Wildman–Crippen MR) is 86.9 cm³/mol. The van der Waals surface area contributed by atoms with Crippen molar-refractivity contribution in [1.29, 1.82) is 0 Å². The molecule has 2 rings (SSSR count). The molecular weight excluding hydrogens is 264 g/mol. The molecule has 1 aliphatic heterocycles. The molecule has 0 bridgehead atoms. The average Bonchev–Trinajstić information content (AvgIpc) is 2.74. The number of aliphatic hydroxyl groups is 1. The van der Waals surface area contributed by atoms with E-state index in [1.807, 2.05) is 25.1 Å². The van der Waals surface area contributed by atoms with Crippen molar-refractivity contribution >= 4 is 5.69 Å². The minimum Gasteiger partial charge on any atom is -0.494 e. The van der Waals surface area contributed by atoms with Crippen LogP contribution in [0.5, 0.6) is 5.75 Å². The Hall–Kier alpha value is -1.26. The number of benzene rings is 1. The first-order chi connectivity index (χ1) is 10.3. The van der Waals surface area contributed by atoms with Crippen LogP contribution in [0.25, 0.3) is 0 Å². The monoisotopic (exact) mass is 292 g/mol. The second kappa shape index (κ2) is 8.25. The smallest absolute Gasteiger partial charge is 0.124 e. The molecule has 1 aromatic carbocycles. The summed E-state index contributed by atoms with van der Waals surface area (Å²) < 4.78 is 5.53. The summed E-state index contributed by atoms with van der Waals surface area (Å²) in [6.45, 7) is 8.34. The summed E-state index contributed by atoms with van der Waals surface area (Å²) in [5.41, 5.74) is 1.93. The molecule has 1 aromatic rings. The van der Waals surface area contributed by atoms with E-state index >= 15 is 0 Å². The first-order valence-corrected chi connectivity index (χ1v) is 8.12. The number of likely N-dealkylation sites (tertiary alicyclic amines) is 1. The third-order valence-corrected chi connectivity index (χ3v) is 4.17. The van der Waals surface area contributed by atoms with E-state index in [1.54, 1.807) is 0 Å². The molecule has 1 atom stereocenters. The van der Waals surface area contributed by atoms with Gasteiger partial charge in [-0.25, -0.2) is 0 Å². The van der Waals surface area contributed by atoms with Gasteiger partial charge in [0.25, 0.3) is 0 Å². The maximum Gasteiger partial charge on any atom is 0.124 e. The Morgan fingerprint density at radius 3 is 2.86 bits per heavy atom. The van der Waals surface area contributed by atoms with Crippen LogP contribution in [0.4, 0.5) is 5.69 Å². The Morgan fingerprint density at radius 2 is 2.14 bits per heavy atom. The lowest BCUT2D eigenvalue weighted by atomic mass is 10.1. The third kappa shape index (κ3) is 4.61. The zero-order chi connectivity index (χ0) is 15.1. The topological polar surface area (TPSA) is 44.7 Å². The molecular formula is C17H28N2O2. The van der Waals surface area contributed by atoms with Crippen LogP contribution in [0, 0.1) is 0 Å². The molecule has 1 aliphatic rings. The maximum atomic E-state index is 9.47. The summed E-state index contributed by atoms with van der Waals surface area (Å²) in [5.74, 6) is 0.781. The van der Waals surface area contributed by atoms with Crippen LogP contribution >= 0.6 is 0 Å². The van der Waals surface area contributed by atoms with Gasteiger partial charge in [0.15, 0.2) is 0 Å². The van der Waals surface area contributed by atoms with Gasteiger partial charge in [0.2, 0.25) is 0 Å². The molecule has 4 heteroatoms. The van der Waals surface area contributed by atoms with E-state index in [4.69, 9.17) is 4.74 Å². The molecule has 118 valence electrons. The number of rotatable bonds is 6. The number of ether oxygens (including phenoxy) is 1. The van der Waals surface area contributed by atoms with Crippen molar-refractivity contribution in [3.8, 4) is 5.75 Å². The van der Waals surface area contributed by atoms with E-state index in [0.29, 0.717) is 12.6 Å². The summed E-state index contributed by atoms with van der Waals surface area (Å²) in [6.07, 6.45) is 3.63. The lowest BCUT2D eigenvalue weighted by molar-refractivity contribution is 0.267. The first kappa shape index (κ1) is 16.1. The minimum absolute atomic E-state index is 0.0130. The summed E-state index contributed by atoms with van der Waals surface area (Å²) in [5, 5.41) is 13.1. The van der Waals surface area contributed by atoms with Gasteiger partial charge in [0.05, 0.1) is 13.2 Å². The largest absolute Gasteiger partial charge is 0.494 e. The predicted octanol–water partition coefficient (Wildman–Crippen LogP) is 2.86. The molecule has 4 nitrogen and oxygen atoms in total. The molecule has 0 spiro atoms. The average molecular weight is 292 g/mol. The number of aliphatic hydroxyl groups excluding tert-OH is 1. The standard InChI is InChI=1S/C17H28N2O2/c1-3-19-10-5-6-15(9-11-19)18-16-7-8-17(21-4-2)14(12-16)13-20/h7-8,12,15,18,20H,3-6,9-11,13H2,1-2H3. The Bertz CT molecular complexity index is 437. The highest BCUT2D eigenvalue weighted by Crippen LogP contribution is 2.25. The van der Waals surface area contributed by atoms with Crippen LogP contribution in [0.15, 0.2) is 18.2 Å². The van der Waals surface area contributed by atoms with Crippen LogP contribution in [0.3, 0.4) is 0 Å². The molecule has 21 heavy (non-hydrogen) atoms. The van der Waals surface area contributed by atoms with E-state index in [2.05, 4.69) is 17.1 Å². The van der Waals surface area contributed by atoms with E-state index in [1.165, 1.54) is 25.8 Å². The fraction of sp³-hybridized carbons (Fsp3) is 0.647. The SMILES string of the molecule is CCOc1ccc(NC2CCCN(CC)CC2)cc1CO. The molecule has 1 heterocycles. The van der Waals surface area contributed by atoms with Crippen molar-refractivity contribution < 1.29 is 9.84 Å². The van der Waals surface area contributed by atoms with E-state index in [0.717, 1.165) is 30.1 Å². The van der Waals surface area contributed by atoms with Gasteiger partial charge in [-0.2, -0.15) is 0 Å². The van der Waals surface area contributed by atoms with Crippen LogP contribution < -0.4 is 10.1 Å². The van der Waals surface area contributed by atoms with Crippen LogP contribution in [-0.2, 0) is 6.61 Å². The molecule has 1 unspecified atom stereocenters. The number of hydrogen-bond acceptors (Lipinski definition) is 4. The Morgan fingerprint density at radius 1 is 1.29 bits per heavy atom. The van der Waals surface area contributed by atoms with Crippen molar-refractivity contribution in [3.63, 3.8) is 0 Å². The molecule has 0 aromatic heterocycles. The number of nitrogens with one attached hydrogen (secondary N) is 1. The lowest BCUT2D eigenvalue weighted by Crippen LogP contribution is -2.26. The Kier molecular flexibility index (Phi) is 6.33. The van der Waals surface area contributed by atoms with Crippen molar-refractivity contribution in [3.05, 3.63) is 23.8 Å². The van der Waals surface area contributed by atoms with Crippen LogP contribution in [0.1, 0.15) is 38.7 Å². The van der Waals surface area contributed by atoms with Crippen molar-refractivity contribution in [2.24, 2.45) is 0 Å². The third-order valence-electron chi connectivity index (χ3n) is 4.17. The van der Waals surface area contributed by atoms with Crippen molar-refractivity contribution in [1.82, 2.24) is 4.90 Å². The molecule has 0 aliphatic carbocycles. The summed E-state index contributed by atoms with van der Waals surface area (Å²) >= 11 is 0. The zero-order valence-corrected chi connectivity index (χ0v) is 13.3. The second-order valence-corrected chi connectivity index (χ2v) is 5.62. The van der Waals surface area contributed by atoms with Gasteiger partial charge in [-0.15, -0.1) is 0 Å². The Balaban J connectivity index is 1.99. The quantitative estimate of drug-likeness (QED) is 0.846. The molecule has 0 saturated carbocycles.